The average molecular weight is 273 g/mol. The molecule has 0 saturated heterocycles. The van der Waals surface area contributed by atoms with Crippen LogP contribution in [0, 0.1) is 5.92 Å². The lowest BCUT2D eigenvalue weighted by Crippen LogP contribution is -2.36. The molecule has 0 aromatic carbocycles. The Kier molecular flexibility index (Phi) is 3.89. The van der Waals surface area contributed by atoms with E-state index in [1.807, 2.05) is 0 Å². The maximum atomic E-state index is 12.0. The lowest BCUT2D eigenvalue weighted by molar-refractivity contribution is 0.0929. The van der Waals surface area contributed by atoms with Crippen molar-refractivity contribution < 1.29 is 4.79 Å². The van der Waals surface area contributed by atoms with Crippen molar-refractivity contribution in [3.05, 3.63) is 28.0 Å². The predicted octanol–water partition coefficient (Wildman–Crippen LogP) is 3.31. The summed E-state index contributed by atoms with van der Waals surface area (Å²) in [5, 5.41) is 3.54. The summed E-state index contributed by atoms with van der Waals surface area (Å²) in [6.07, 6.45) is 4.83. The number of nitrogens with one attached hydrogen (secondary N) is 1. The first-order chi connectivity index (χ1) is 8.08. The van der Waals surface area contributed by atoms with Crippen molar-refractivity contribution in [1.29, 1.82) is 0 Å². The van der Waals surface area contributed by atoms with Gasteiger partial charge in [-0.3, -0.25) is 4.79 Å². The molecule has 1 N–H and O–H groups in total. The maximum Gasteiger partial charge on any atom is 0.253 e. The Morgan fingerprint density at radius 2 is 2.24 bits per heavy atom. The number of nitrogens with zero attached hydrogens (tertiary/aromatic N) is 1. The van der Waals surface area contributed by atoms with Crippen LogP contribution in [0.2, 0.25) is 10.2 Å². The predicted molar refractivity (Wildman–Crippen MR) is 68.5 cm³/mol. The molecular weight excluding hydrogens is 259 g/mol. The van der Waals surface area contributed by atoms with E-state index < -0.39 is 0 Å². The minimum absolute atomic E-state index is 0.130. The Bertz CT molecular complexity index is 437. The van der Waals surface area contributed by atoms with Crippen LogP contribution in [0.5, 0.6) is 0 Å². The van der Waals surface area contributed by atoms with Crippen LogP contribution in [0.3, 0.4) is 0 Å². The van der Waals surface area contributed by atoms with Crippen LogP contribution in [0.15, 0.2) is 12.3 Å². The molecule has 2 rings (SSSR count). The van der Waals surface area contributed by atoms with E-state index in [1.165, 1.54) is 19.0 Å². The van der Waals surface area contributed by atoms with Gasteiger partial charge in [-0.25, -0.2) is 4.98 Å². The van der Waals surface area contributed by atoms with Gasteiger partial charge in [0.1, 0.15) is 5.15 Å². The van der Waals surface area contributed by atoms with Gasteiger partial charge in [-0.15, -0.1) is 0 Å². The van der Waals surface area contributed by atoms with E-state index >= 15 is 0 Å². The summed E-state index contributed by atoms with van der Waals surface area (Å²) >= 11 is 11.5. The summed E-state index contributed by atoms with van der Waals surface area (Å²) in [6, 6.07) is 1.81. The molecule has 2 atom stereocenters. The highest BCUT2D eigenvalue weighted by Crippen LogP contribution is 2.25. The third-order valence-electron chi connectivity index (χ3n) is 3.24. The first-order valence-corrected chi connectivity index (χ1v) is 6.45. The molecule has 1 amide bonds. The fourth-order valence-electron chi connectivity index (χ4n) is 2.16. The average Bonchev–Trinajstić information content (AvgIpc) is 2.68. The Labute approximate surface area is 111 Å². The van der Waals surface area contributed by atoms with E-state index in [4.69, 9.17) is 23.2 Å². The van der Waals surface area contributed by atoms with Gasteiger partial charge in [0.05, 0.1) is 10.6 Å². The number of carbonyl (C=O) groups is 1. The molecule has 0 bridgehead atoms. The first-order valence-electron chi connectivity index (χ1n) is 5.70. The summed E-state index contributed by atoms with van der Waals surface area (Å²) < 4.78 is 0. The van der Waals surface area contributed by atoms with Crippen LogP contribution in [-0.2, 0) is 0 Å². The van der Waals surface area contributed by atoms with Gasteiger partial charge in [0, 0.05) is 12.2 Å². The zero-order valence-electron chi connectivity index (χ0n) is 9.54. The van der Waals surface area contributed by atoms with Crippen LogP contribution in [0.4, 0.5) is 0 Å². The molecule has 1 heterocycles. The van der Waals surface area contributed by atoms with Crippen molar-refractivity contribution in [3.63, 3.8) is 0 Å². The molecule has 0 aliphatic heterocycles. The molecule has 1 aliphatic rings. The molecule has 2 unspecified atom stereocenters. The molecule has 1 aliphatic carbocycles. The smallest absolute Gasteiger partial charge is 0.253 e. The van der Waals surface area contributed by atoms with Crippen LogP contribution in [-0.4, -0.2) is 16.9 Å². The van der Waals surface area contributed by atoms with E-state index in [0.29, 0.717) is 16.5 Å². The van der Waals surface area contributed by atoms with Crippen LogP contribution in [0.1, 0.15) is 36.5 Å². The Hall–Kier alpha value is -0.800. The van der Waals surface area contributed by atoms with Gasteiger partial charge in [-0.05, 0) is 24.8 Å². The number of rotatable bonds is 2. The van der Waals surface area contributed by atoms with Gasteiger partial charge < -0.3 is 5.32 Å². The van der Waals surface area contributed by atoms with Crippen LogP contribution < -0.4 is 5.32 Å². The standard InChI is InChI=1S/C12H14Cl2N2O/c1-7-3-2-4-10(7)16-12(17)8-5-9(13)11(14)15-6-8/h5-7,10H,2-4H2,1H3,(H,16,17). The van der Waals surface area contributed by atoms with Crippen molar-refractivity contribution in [1.82, 2.24) is 10.3 Å². The Morgan fingerprint density at radius 1 is 1.47 bits per heavy atom. The highest BCUT2D eigenvalue weighted by Gasteiger charge is 2.25. The van der Waals surface area contributed by atoms with Gasteiger partial charge >= 0.3 is 0 Å². The second-order valence-corrected chi connectivity index (χ2v) is 5.25. The third kappa shape index (κ3) is 2.90. The van der Waals surface area contributed by atoms with E-state index in [1.54, 1.807) is 6.07 Å². The van der Waals surface area contributed by atoms with Gasteiger partial charge in [-0.2, -0.15) is 0 Å². The van der Waals surface area contributed by atoms with Gasteiger partial charge in [0.2, 0.25) is 0 Å². The highest BCUT2D eigenvalue weighted by molar-refractivity contribution is 6.41. The van der Waals surface area contributed by atoms with E-state index in [0.717, 1.165) is 6.42 Å². The first kappa shape index (κ1) is 12.7. The zero-order valence-corrected chi connectivity index (χ0v) is 11.1. The second kappa shape index (κ2) is 5.23. The summed E-state index contributed by atoms with van der Waals surface area (Å²) in [4.78, 5) is 15.8. The molecule has 17 heavy (non-hydrogen) atoms. The molecule has 1 aromatic rings. The summed E-state index contributed by atoms with van der Waals surface area (Å²) in [7, 11) is 0. The van der Waals surface area contributed by atoms with E-state index in [2.05, 4.69) is 17.2 Å². The van der Waals surface area contributed by atoms with Crippen molar-refractivity contribution >= 4 is 29.1 Å². The molecule has 1 fully saturated rings. The van der Waals surface area contributed by atoms with Gasteiger partial charge in [0.25, 0.3) is 5.91 Å². The van der Waals surface area contributed by atoms with E-state index in [9.17, 15) is 4.79 Å². The lowest BCUT2D eigenvalue weighted by Gasteiger charge is -2.17. The second-order valence-electron chi connectivity index (χ2n) is 4.48. The summed E-state index contributed by atoms with van der Waals surface area (Å²) in [5.74, 6) is 0.407. The normalized spacial score (nSPS) is 23.7. The minimum atomic E-state index is -0.130. The minimum Gasteiger partial charge on any atom is -0.349 e. The van der Waals surface area contributed by atoms with Crippen molar-refractivity contribution in [2.75, 3.05) is 0 Å². The van der Waals surface area contributed by atoms with Crippen molar-refractivity contribution in [2.24, 2.45) is 5.92 Å². The molecule has 5 heteroatoms. The number of amides is 1. The molecule has 92 valence electrons. The number of pyridine rings is 1. The Morgan fingerprint density at radius 3 is 2.82 bits per heavy atom. The van der Waals surface area contributed by atoms with Crippen molar-refractivity contribution in [2.45, 2.75) is 32.2 Å². The lowest BCUT2D eigenvalue weighted by atomic mass is 10.1. The molecule has 1 saturated carbocycles. The van der Waals surface area contributed by atoms with Crippen LogP contribution in [0.25, 0.3) is 0 Å². The fraction of sp³-hybridized carbons (Fsp3) is 0.500. The quantitative estimate of drug-likeness (QED) is 0.840. The molecule has 0 spiro atoms. The molecule has 3 nitrogen and oxygen atoms in total. The van der Waals surface area contributed by atoms with Crippen molar-refractivity contribution in [3.8, 4) is 0 Å². The topological polar surface area (TPSA) is 42.0 Å². The number of hydrogen-bond donors (Lipinski definition) is 1. The SMILES string of the molecule is CC1CCCC1NC(=O)c1cnc(Cl)c(Cl)c1. The monoisotopic (exact) mass is 272 g/mol. The van der Waals surface area contributed by atoms with Crippen LogP contribution >= 0.6 is 23.2 Å². The zero-order chi connectivity index (χ0) is 12.4. The number of halogens is 2. The molecule has 0 radical (unpaired) electrons. The summed E-state index contributed by atoms with van der Waals surface area (Å²) in [6.45, 7) is 2.16. The number of hydrogen-bond acceptors (Lipinski definition) is 2. The number of carbonyl (C=O) groups excluding carboxylic acids is 1. The molecule has 1 aromatic heterocycles. The summed E-state index contributed by atoms with van der Waals surface area (Å²) in [5.41, 5.74) is 0.457. The highest BCUT2D eigenvalue weighted by atomic mass is 35.5. The molecular formula is C12H14Cl2N2O. The maximum absolute atomic E-state index is 12.0. The van der Waals surface area contributed by atoms with E-state index in [-0.39, 0.29) is 17.1 Å². The Balaban J connectivity index is 2.06. The number of aromatic nitrogens is 1. The van der Waals surface area contributed by atoms with Gasteiger partial charge in [0.15, 0.2) is 0 Å². The fourth-order valence-corrected chi connectivity index (χ4v) is 2.43. The largest absolute Gasteiger partial charge is 0.349 e. The van der Waals surface area contributed by atoms with Gasteiger partial charge in [-0.1, -0.05) is 36.5 Å². The third-order valence-corrected chi connectivity index (χ3v) is 3.92.